The Morgan fingerprint density at radius 1 is 1.16 bits per heavy atom. The van der Waals surface area contributed by atoms with Crippen LogP contribution in [0.4, 0.5) is 4.39 Å². The molecule has 3 rings (SSSR count). The third kappa shape index (κ3) is 2.04. The molecule has 94 valence electrons. The molecule has 0 bridgehead atoms. The van der Waals surface area contributed by atoms with Crippen molar-refractivity contribution in [2.75, 3.05) is 0 Å². The van der Waals surface area contributed by atoms with E-state index in [1.807, 2.05) is 0 Å². The Morgan fingerprint density at radius 3 is 2.74 bits per heavy atom. The predicted molar refractivity (Wildman–Crippen MR) is 72.8 cm³/mol. The van der Waals surface area contributed by atoms with Gasteiger partial charge in [0.2, 0.25) is 0 Å². The Morgan fingerprint density at radius 2 is 1.95 bits per heavy atom. The van der Waals surface area contributed by atoms with Crippen molar-refractivity contribution in [2.24, 2.45) is 0 Å². The molecule has 0 unspecified atom stereocenters. The van der Waals surface area contributed by atoms with E-state index in [-0.39, 0.29) is 11.2 Å². The summed E-state index contributed by atoms with van der Waals surface area (Å²) in [5, 5.41) is 0. The van der Waals surface area contributed by atoms with E-state index in [9.17, 15) is 9.18 Å². The van der Waals surface area contributed by atoms with Crippen LogP contribution in [-0.2, 0) is 0 Å². The van der Waals surface area contributed by atoms with Gasteiger partial charge in [-0.3, -0.25) is 9.36 Å². The van der Waals surface area contributed by atoms with Gasteiger partial charge in [0.25, 0.3) is 5.56 Å². The zero-order valence-electron chi connectivity index (χ0n) is 9.55. The van der Waals surface area contributed by atoms with Gasteiger partial charge in [-0.2, -0.15) is 0 Å². The van der Waals surface area contributed by atoms with Crippen molar-refractivity contribution >= 4 is 27.0 Å². The van der Waals surface area contributed by atoms with E-state index < -0.39 is 11.4 Å². The Balaban J connectivity index is 2.35. The molecule has 2 heterocycles. The SMILES string of the molecule is O=c1c2nc(Br)ccc2ncn1-c1ccccc1F. The molecule has 3 aromatic rings. The van der Waals surface area contributed by atoms with Gasteiger partial charge in [0.05, 0.1) is 11.2 Å². The number of pyridine rings is 1. The maximum absolute atomic E-state index is 13.7. The van der Waals surface area contributed by atoms with Crippen molar-refractivity contribution in [3.63, 3.8) is 0 Å². The lowest BCUT2D eigenvalue weighted by Gasteiger charge is -2.07. The maximum Gasteiger partial charge on any atom is 0.284 e. The first-order valence-corrected chi connectivity index (χ1v) is 6.25. The zero-order chi connectivity index (χ0) is 13.4. The zero-order valence-corrected chi connectivity index (χ0v) is 11.1. The second kappa shape index (κ2) is 4.55. The molecule has 0 saturated carbocycles. The van der Waals surface area contributed by atoms with Gasteiger partial charge in [-0.15, -0.1) is 0 Å². The average molecular weight is 320 g/mol. The average Bonchev–Trinajstić information content (AvgIpc) is 2.41. The summed E-state index contributed by atoms with van der Waals surface area (Å²) >= 11 is 3.20. The van der Waals surface area contributed by atoms with Crippen molar-refractivity contribution in [1.29, 1.82) is 0 Å². The van der Waals surface area contributed by atoms with E-state index >= 15 is 0 Å². The van der Waals surface area contributed by atoms with Crippen LogP contribution in [0.2, 0.25) is 0 Å². The number of rotatable bonds is 1. The van der Waals surface area contributed by atoms with Gasteiger partial charge in [0, 0.05) is 0 Å². The maximum atomic E-state index is 13.7. The highest BCUT2D eigenvalue weighted by molar-refractivity contribution is 9.10. The van der Waals surface area contributed by atoms with E-state index in [0.717, 1.165) is 4.57 Å². The van der Waals surface area contributed by atoms with E-state index in [1.165, 1.54) is 18.5 Å². The molecular weight excluding hydrogens is 313 g/mol. The highest BCUT2D eigenvalue weighted by Crippen LogP contribution is 2.13. The standard InChI is InChI=1S/C13H7BrFN3O/c14-11-6-5-9-12(17-11)13(19)18(7-16-9)10-4-2-1-3-8(10)15/h1-7H. The first kappa shape index (κ1) is 12.0. The molecule has 2 aromatic heterocycles. The van der Waals surface area contributed by atoms with Crippen LogP contribution in [-0.4, -0.2) is 14.5 Å². The molecule has 6 heteroatoms. The molecule has 0 N–H and O–H groups in total. The van der Waals surface area contributed by atoms with Crippen molar-refractivity contribution in [3.8, 4) is 5.69 Å². The van der Waals surface area contributed by atoms with Gasteiger partial charge in [-0.25, -0.2) is 14.4 Å². The second-order valence-electron chi connectivity index (χ2n) is 3.87. The van der Waals surface area contributed by atoms with Crippen LogP contribution in [0.25, 0.3) is 16.7 Å². The lowest BCUT2D eigenvalue weighted by molar-refractivity contribution is 0.615. The number of fused-ring (bicyclic) bond motifs is 1. The number of hydrogen-bond donors (Lipinski definition) is 0. The Kier molecular flexibility index (Phi) is 2.87. The molecule has 4 nitrogen and oxygen atoms in total. The molecule has 0 aliphatic carbocycles. The number of hydrogen-bond acceptors (Lipinski definition) is 3. The molecule has 19 heavy (non-hydrogen) atoms. The van der Waals surface area contributed by atoms with Crippen LogP contribution in [0.3, 0.4) is 0 Å². The number of nitrogens with zero attached hydrogens (tertiary/aromatic N) is 3. The van der Waals surface area contributed by atoms with Crippen molar-refractivity contribution in [3.05, 3.63) is 63.5 Å². The topological polar surface area (TPSA) is 47.8 Å². The van der Waals surface area contributed by atoms with Gasteiger partial charge in [0.1, 0.15) is 16.7 Å². The number of benzene rings is 1. The predicted octanol–water partition coefficient (Wildman–Crippen LogP) is 2.68. The summed E-state index contributed by atoms with van der Waals surface area (Å²) in [5.41, 5.74) is 0.418. The fraction of sp³-hybridized carbons (Fsp3) is 0. The minimum Gasteiger partial charge on any atom is -0.266 e. The van der Waals surface area contributed by atoms with Crippen LogP contribution in [0, 0.1) is 5.82 Å². The molecule has 0 radical (unpaired) electrons. The smallest absolute Gasteiger partial charge is 0.266 e. The molecule has 1 aromatic carbocycles. The summed E-state index contributed by atoms with van der Waals surface area (Å²) < 4.78 is 15.4. The number of para-hydroxylation sites is 1. The molecular formula is C13H7BrFN3O. The Labute approximate surface area is 115 Å². The molecule has 0 aliphatic rings. The first-order valence-electron chi connectivity index (χ1n) is 5.45. The number of aromatic nitrogens is 3. The Bertz CT molecular complexity index is 831. The van der Waals surface area contributed by atoms with E-state index in [4.69, 9.17) is 0 Å². The summed E-state index contributed by atoms with van der Waals surface area (Å²) in [7, 11) is 0. The highest BCUT2D eigenvalue weighted by Gasteiger charge is 2.10. The number of halogens is 2. The van der Waals surface area contributed by atoms with Crippen LogP contribution < -0.4 is 5.56 Å². The minimum absolute atomic E-state index is 0.156. The summed E-state index contributed by atoms with van der Waals surface area (Å²) in [6, 6.07) is 9.40. The van der Waals surface area contributed by atoms with Crippen LogP contribution in [0.5, 0.6) is 0 Å². The molecule has 0 aliphatic heterocycles. The van der Waals surface area contributed by atoms with E-state index in [2.05, 4.69) is 25.9 Å². The molecule has 0 fully saturated rings. The van der Waals surface area contributed by atoms with Gasteiger partial charge >= 0.3 is 0 Å². The van der Waals surface area contributed by atoms with Crippen molar-refractivity contribution in [1.82, 2.24) is 14.5 Å². The monoisotopic (exact) mass is 319 g/mol. The van der Waals surface area contributed by atoms with Crippen molar-refractivity contribution in [2.45, 2.75) is 0 Å². The van der Waals surface area contributed by atoms with E-state index in [1.54, 1.807) is 24.3 Å². The molecule has 0 amide bonds. The van der Waals surface area contributed by atoms with Crippen LogP contribution in [0.15, 0.2) is 52.1 Å². The summed E-state index contributed by atoms with van der Waals surface area (Å²) in [6.07, 6.45) is 1.30. The summed E-state index contributed by atoms with van der Waals surface area (Å²) in [6.45, 7) is 0. The first-order chi connectivity index (χ1) is 9.16. The van der Waals surface area contributed by atoms with Gasteiger partial charge in [-0.1, -0.05) is 12.1 Å². The molecule has 0 atom stereocenters. The molecule has 0 spiro atoms. The lowest BCUT2D eigenvalue weighted by Crippen LogP contribution is -2.20. The summed E-state index contributed by atoms with van der Waals surface area (Å²) in [4.78, 5) is 20.5. The molecule has 0 saturated heterocycles. The quantitative estimate of drug-likeness (QED) is 0.648. The van der Waals surface area contributed by atoms with Crippen molar-refractivity contribution < 1.29 is 4.39 Å². The summed E-state index contributed by atoms with van der Waals surface area (Å²) in [5.74, 6) is -0.485. The normalized spacial score (nSPS) is 10.8. The van der Waals surface area contributed by atoms with Crippen LogP contribution >= 0.6 is 15.9 Å². The van der Waals surface area contributed by atoms with Gasteiger partial charge in [0.15, 0.2) is 5.52 Å². The third-order valence-corrected chi connectivity index (χ3v) is 3.13. The highest BCUT2D eigenvalue weighted by atomic mass is 79.9. The van der Waals surface area contributed by atoms with Gasteiger partial charge in [-0.05, 0) is 40.2 Å². The third-order valence-electron chi connectivity index (χ3n) is 2.69. The van der Waals surface area contributed by atoms with Crippen LogP contribution in [0.1, 0.15) is 0 Å². The lowest BCUT2D eigenvalue weighted by atomic mass is 10.3. The minimum atomic E-state index is -0.485. The largest absolute Gasteiger partial charge is 0.284 e. The van der Waals surface area contributed by atoms with Gasteiger partial charge < -0.3 is 0 Å². The Hall–Kier alpha value is -2.08. The second-order valence-corrected chi connectivity index (χ2v) is 4.69. The fourth-order valence-corrected chi connectivity index (χ4v) is 2.10. The van der Waals surface area contributed by atoms with E-state index in [0.29, 0.717) is 10.1 Å². The fourth-order valence-electron chi connectivity index (χ4n) is 1.79.